The first kappa shape index (κ1) is 12.0. The van der Waals surface area contributed by atoms with Gasteiger partial charge in [0.05, 0.1) is 5.69 Å². The highest BCUT2D eigenvalue weighted by atomic mass is 32.2. The molecule has 1 saturated heterocycles. The number of rotatable bonds is 4. The van der Waals surface area contributed by atoms with Crippen molar-refractivity contribution in [2.24, 2.45) is 12.8 Å². The van der Waals surface area contributed by atoms with Gasteiger partial charge in [0, 0.05) is 30.5 Å². The second-order valence-corrected chi connectivity index (χ2v) is 5.87. The van der Waals surface area contributed by atoms with Gasteiger partial charge < -0.3 is 5.73 Å². The minimum absolute atomic E-state index is 0.285. The fraction of sp³-hybridized carbons (Fsp3) is 0.750. The van der Waals surface area contributed by atoms with Gasteiger partial charge in [-0.2, -0.15) is 16.9 Å². The van der Waals surface area contributed by atoms with E-state index in [9.17, 15) is 0 Å². The summed E-state index contributed by atoms with van der Waals surface area (Å²) in [5.41, 5.74) is 8.71. The Morgan fingerprint density at radius 3 is 3.06 bits per heavy atom. The minimum atomic E-state index is 0.285. The lowest BCUT2D eigenvalue weighted by atomic mass is 10.1. The summed E-state index contributed by atoms with van der Waals surface area (Å²) in [4.78, 5) is 0. The van der Waals surface area contributed by atoms with Crippen LogP contribution in [0.15, 0.2) is 6.07 Å². The molecule has 0 radical (unpaired) electrons. The van der Waals surface area contributed by atoms with Crippen LogP contribution in [0, 0.1) is 0 Å². The summed E-state index contributed by atoms with van der Waals surface area (Å²) in [6.45, 7) is 2.14. The number of thioether (sulfide) groups is 1. The van der Waals surface area contributed by atoms with Gasteiger partial charge in [0.15, 0.2) is 0 Å². The molecule has 2 unspecified atom stereocenters. The van der Waals surface area contributed by atoms with E-state index in [1.54, 1.807) is 0 Å². The summed E-state index contributed by atoms with van der Waals surface area (Å²) in [7, 11) is 2.02. The van der Waals surface area contributed by atoms with Crippen molar-refractivity contribution in [3.8, 4) is 0 Å². The molecule has 1 aromatic heterocycles. The van der Waals surface area contributed by atoms with Crippen LogP contribution in [0.4, 0.5) is 0 Å². The van der Waals surface area contributed by atoms with Crippen molar-refractivity contribution in [1.29, 1.82) is 0 Å². The fourth-order valence-corrected chi connectivity index (χ4v) is 3.56. The number of hydrogen-bond acceptors (Lipinski definition) is 3. The molecule has 2 atom stereocenters. The first-order chi connectivity index (χ1) is 7.70. The molecular formula is C12H21N3S. The maximum atomic E-state index is 6.27. The third kappa shape index (κ3) is 2.61. The van der Waals surface area contributed by atoms with Crippen LogP contribution in [0.1, 0.15) is 31.2 Å². The second kappa shape index (κ2) is 5.23. The molecule has 1 aliphatic rings. The maximum absolute atomic E-state index is 6.27. The van der Waals surface area contributed by atoms with Gasteiger partial charge in [-0.3, -0.25) is 4.68 Å². The summed E-state index contributed by atoms with van der Waals surface area (Å²) in [6.07, 6.45) is 4.57. The van der Waals surface area contributed by atoms with Gasteiger partial charge in [0.25, 0.3) is 0 Å². The van der Waals surface area contributed by atoms with E-state index in [2.05, 4.69) is 18.1 Å². The zero-order chi connectivity index (χ0) is 11.5. The second-order valence-electron chi connectivity index (χ2n) is 4.52. The van der Waals surface area contributed by atoms with E-state index in [4.69, 9.17) is 5.73 Å². The minimum Gasteiger partial charge on any atom is -0.326 e. The van der Waals surface area contributed by atoms with Crippen LogP contribution < -0.4 is 5.73 Å². The van der Waals surface area contributed by atoms with Crippen molar-refractivity contribution >= 4 is 11.8 Å². The van der Waals surface area contributed by atoms with Crippen LogP contribution in [0.3, 0.4) is 0 Å². The smallest absolute Gasteiger partial charge is 0.0624 e. The van der Waals surface area contributed by atoms with Crippen molar-refractivity contribution in [1.82, 2.24) is 9.78 Å². The molecule has 0 saturated carbocycles. The molecule has 0 spiro atoms. The van der Waals surface area contributed by atoms with E-state index in [0.717, 1.165) is 12.8 Å². The molecule has 1 aromatic rings. The Kier molecular flexibility index (Phi) is 3.92. The van der Waals surface area contributed by atoms with Crippen molar-refractivity contribution < 1.29 is 0 Å². The lowest BCUT2D eigenvalue weighted by molar-refractivity contribution is 0.578. The summed E-state index contributed by atoms with van der Waals surface area (Å²) in [5, 5.41) is 5.12. The Hall–Kier alpha value is -0.480. The van der Waals surface area contributed by atoms with Gasteiger partial charge >= 0.3 is 0 Å². The Balaban J connectivity index is 1.99. The predicted molar refractivity (Wildman–Crippen MR) is 69.7 cm³/mol. The molecule has 1 fully saturated rings. The molecule has 0 amide bonds. The van der Waals surface area contributed by atoms with E-state index in [1.807, 2.05) is 23.5 Å². The van der Waals surface area contributed by atoms with E-state index in [-0.39, 0.29) is 6.04 Å². The molecule has 2 rings (SSSR count). The maximum Gasteiger partial charge on any atom is 0.0624 e. The highest BCUT2D eigenvalue weighted by Gasteiger charge is 2.23. The van der Waals surface area contributed by atoms with Gasteiger partial charge in [-0.25, -0.2) is 0 Å². The molecule has 2 heterocycles. The number of nitrogens with two attached hydrogens (primary N) is 1. The van der Waals surface area contributed by atoms with Crippen LogP contribution in [-0.4, -0.2) is 26.8 Å². The van der Waals surface area contributed by atoms with Gasteiger partial charge in [-0.1, -0.05) is 6.92 Å². The largest absolute Gasteiger partial charge is 0.326 e. The lowest BCUT2D eigenvalue weighted by Crippen LogP contribution is -2.33. The van der Waals surface area contributed by atoms with Crippen molar-refractivity contribution in [3.63, 3.8) is 0 Å². The number of aromatic nitrogens is 2. The number of nitrogens with zero attached hydrogens (tertiary/aromatic N) is 2. The zero-order valence-corrected chi connectivity index (χ0v) is 11.0. The van der Waals surface area contributed by atoms with Crippen molar-refractivity contribution in [2.45, 2.75) is 43.9 Å². The van der Waals surface area contributed by atoms with Gasteiger partial charge in [0.2, 0.25) is 0 Å². The van der Waals surface area contributed by atoms with Crippen LogP contribution in [0.25, 0.3) is 0 Å². The first-order valence-electron chi connectivity index (χ1n) is 6.09. The number of aryl methyl sites for hydroxylation is 2. The quantitative estimate of drug-likeness (QED) is 0.870. The topological polar surface area (TPSA) is 43.8 Å². The fourth-order valence-electron chi connectivity index (χ4n) is 2.25. The van der Waals surface area contributed by atoms with Gasteiger partial charge in [0.1, 0.15) is 0 Å². The van der Waals surface area contributed by atoms with Crippen LogP contribution in [-0.2, 0) is 19.9 Å². The Morgan fingerprint density at radius 2 is 2.50 bits per heavy atom. The average molecular weight is 239 g/mol. The molecule has 1 aliphatic heterocycles. The predicted octanol–water partition coefficient (Wildman–Crippen LogP) is 1.75. The molecule has 0 aromatic carbocycles. The third-order valence-electron chi connectivity index (χ3n) is 3.28. The molecule has 2 N–H and O–H groups in total. The molecule has 90 valence electrons. The summed E-state index contributed by atoms with van der Waals surface area (Å²) >= 11 is 2.03. The highest BCUT2D eigenvalue weighted by Crippen LogP contribution is 2.29. The Labute approximate surface area is 102 Å². The molecular weight excluding hydrogens is 218 g/mol. The van der Waals surface area contributed by atoms with Crippen molar-refractivity contribution in [2.75, 3.05) is 5.75 Å². The van der Waals surface area contributed by atoms with Crippen LogP contribution in [0.5, 0.6) is 0 Å². The zero-order valence-electron chi connectivity index (χ0n) is 10.1. The SMILES string of the molecule is CCc1cc(CC(N)C2CCCS2)n(C)n1. The van der Waals surface area contributed by atoms with E-state index in [1.165, 1.54) is 30.0 Å². The Bertz CT molecular complexity index is 342. The van der Waals surface area contributed by atoms with Crippen LogP contribution >= 0.6 is 11.8 Å². The summed E-state index contributed by atoms with van der Waals surface area (Å²) in [5.74, 6) is 1.28. The monoisotopic (exact) mass is 239 g/mol. The summed E-state index contributed by atoms with van der Waals surface area (Å²) in [6, 6.07) is 2.48. The van der Waals surface area contributed by atoms with Crippen LogP contribution in [0.2, 0.25) is 0 Å². The van der Waals surface area contributed by atoms with E-state index in [0.29, 0.717) is 5.25 Å². The first-order valence-corrected chi connectivity index (χ1v) is 7.14. The third-order valence-corrected chi connectivity index (χ3v) is 4.81. The Morgan fingerprint density at radius 1 is 1.69 bits per heavy atom. The van der Waals surface area contributed by atoms with E-state index < -0.39 is 0 Å². The number of hydrogen-bond donors (Lipinski definition) is 1. The lowest BCUT2D eigenvalue weighted by Gasteiger charge is -2.17. The van der Waals surface area contributed by atoms with E-state index >= 15 is 0 Å². The summed E-state index contributed by atoms with van der Waals surface area (Å²) < 4.78 is 1.98. The highest BCUT2D eigenvalue weighted by molar-refractivity contribution is 8.00. The van der Waals surface area contributed by atoms with Gasteiger partial charge in [-0.05, 0) is 31.1 Å². The van der Waals surface area contributed by atoms with Crippen molar-refractivity contribution in [3.05, 3.63) is 17.5 Å². The van der Waals surface area contributed by atoms with Gasteiger partial charge in [-0.15, -0.1) is 0 Å². The molecule has 4 heteroatoms. The molecule has 0 bridgehead atoms. The molecule has 16 heavy (non-hydrogen) atoms. The molecule has 0 aliphatic carbocycles. The normalized spacial score (nSPS) is 22.6. The average Bonchev–Trinajstić information content (AvgIpc) is 2.88. The standard InChI is InChI=1S/C12H21N3S/c1-3-9-7-10(15(2)14-9)8-11(13)12-5-4-6-16-12/h7,11-12H,3-6,8,13H2,1-2H3. The molecule has 3 nitrogen and oxygen atoms in total.